The van der Waals surface area contributed by atoms with Crippen LogP contribution in [0.4, 0.5) is 4.39 Å². The van der Waals surface area contributed by atoms with Crippen LogP contribution in [0.15, 0.2) is 60.7 Å². The fourth-order valence-corrected chi connectivity index (χ4v) is 3.88. The molecule has 0 spiro atoms. The minimum atomic E-state index is -2.68. The maximum atomic E-state index is 15.9. The SMILES string of the molecule is O=C(OCc1ccccc1)[C@@H]1[C@@H](C(=O)OCc2ccccc2)C1(F)C(=O)N1CCOCC1. The number of rotatable bonds is 7. The number of ether oxygens (including phenoxy) is 3. The van der Waals surface area contributed by atoms with E-state index in [4.69, 9.17) is 14.2 Å². The van der Waals surface area contributed by atoms with Gasteiger partial charge in [-0.2, -0.15) is 0 Å². The van der Waals surface area contributed by atoms with Gasteiger partial charge in [0.15, 0.2) is 0 Å². The van der Waals surface area contributed by atoms with Crippen molar-refractivity contribution in [3.63, 3.8) is 0 Å². The summed E-state index contributed by atoms with van der Waals surface area (Å²) in [6.07, 6.45) is 0. The molecule has 2 atom stereocenters. The minimum Gasteiger partial charge on any atom is -0.460 e. The molecule has 2 aromatic rings. The zero-order chi connectivity index (χ0) is 22.6. The summed E-state index contributed by atoms with van der Waals surface area (Å²) in [5.74, 6) is -5.84. The lowest BCUT2D eigenvalue weighted by atomic mass is 10.2. The zero-order valence-corrected chi connectivity index (χ0v) is 17.4. The molecule has 32 heavy (non-hydrogen) atoms. The number of alkyl halides is 1. The van der Waals surface area contributed by atoms with Crippen LogP contribution in [0, 0.1) is 11.8 Å². The Morgan fingerprint density at radius 3 is 1.72 bits per heavy atom. The lowest BCUT2D eigenvalue weighted by Crippen LogP contribution is -2.47. The van der Waals surface area contributed by atoms with Crippen molar-refractivity contribution in [1.29, 1.82) is 0 Å². The Hall–Kier alpha value is -3.26. The number of hydrogen-bond acceptors (Lipinski definition) is 6. The van der Waals surface area contributed by atoms with E-state index >= 15 is 4.39 Å². The van der Waals surface area contributed by atoms with Crippen LogP contribution < -0.4 is 0 Å². The van der Waals surface area contributed by atoms with Crippen molar-refractivity contribution in [2.24, 2.45) is 11.8 Å². The zero-order valence-electron chi connectivity index (χ0n) is 17.4. The second-order valence-corrected chi connectivity index (χ2v) is 7.81. The molecule has 2 aliphatic rings. The maximum absolute atomic E-state index is 15.9. The summed E-state index contributed by atoms with van der Waals surface area (Å²) in [5, 5.41) is 0. The number of nitrogens with zero attached hydrogens (tertiary/aromatic N) is 1. The third kappa shape index (κ3) is 4.50. The second kappa shape index (κ2) is 9.48. The van der Waals surface area contributed by atoms with Crippen molar-refractivity contribution in [2.45, 2.75) is 18.9 Å². The van der Waals surface area contributed by atoms with Crippen LogP contribution in [0.3, 0.4) is 0 Å². The number of halogens is 1. The van der Waals surface area contributed by atoms with Gasteiger partial charge in [-0.25, -0.2) is 4.39 Å². The summed E-state index contributed by atoms with van der Waals surface area (Å²) in [6.45, 7) is 0.778. The monoisotopic (exact) mass is 441 g/mol. The van der Waals surface area contributed by atoms with Crippen LogP contribution in [0.5, 0.6) is 0 Å². The van der Waals surface area contributed by atoms with Crippen LogP contribution in [0.25, 0.3) is 0 Å². The van der Waals surface area contributed by atoms with Crippen LogP contribution >= 0.6 is 0 Å². The van der Waals surface area contributed by atoms with Crippen molar-refractivity contribution in [2.75, 3.05) is 26.3 Å². The van der Waals surface area contributed by atoms with Gasteiger partial charge < -0.3 is 19.1 Å². The maximum Gasteiger partial charge on any atom is 0.314 e. The fourth-order valence-electron chi connectivity index (χ4n) is 3.88. The highest BCUT2D eigenvalue weighted by Crippen LogP contribution is 2.56. The smallest absolute Gasteiger partial charge is 0.314 e. The van der Waals surface area contributed by atoms with E-state index < -0.39 is 35.4 Å². The van der Waals surface area contributed by atoms with Gasteiger partial charge in [-0.15, -0.1) is 0 Å². The molecule has 7 nitrogen and oxygen atoms in total. The quantitative estimate of drug-likeness (QED) is 0.614. The first kappa shape index (κ1) is 22.0. The number of carbonyl (C=O) groups excluding carboxylic acids is 3. The number of morpholine rings is 1. The molecule has 0 radical (unpaired) electrons. The van der Waals surface area contributed by atoms with Crippen LogP contribution in [-0.2, 0) is 41.8 Å². The Labute approximate surface area is 185 Å². The third-order valence-corrected chi connectivity index (χ3v) is 5.71. The molecule has 168 valence electrons. The molecule has 4 rings (SSSR count). The number of amides is 1. The summed E-state index contributed by atoms with van der Waals surface area (Å²) in [7, 11) is 0. The predicted molar refractivity (Wildman–Crippen MR) is 111 cm³/mol. The number of hydrogen-bond donors (Lipinski definition) is 0. The van der Waals surface area contributed by atoms with Crippen LogP contribution in [0.1, 0.15) is 11.1 Å². The Kier molecular flexibility index (Phi) is 6.50. The van der Waals surface area contributed by atoms with E-state index in [1.165, 1.54) is 4.90 Å². The number of carbonyl (C=O) groups is 3. The third-order valence-electron chi connectivity index (χ3n) is 5.71. The highest BCUT2D eigenvalue weighted by atomic mass is 19.1. The van der Waals surface area contributed by atoms with Gasteiger partial charge in [-0.05, 0) is 11.1 Å². The standard InChI is InChI=1S/C24H24FNO6/c25-24(23(29)26-11-13-30-14-12-26)19(21(27)31-15-17-7-3-1-4-8-17)20(24)22(28)32-16-18-9-5-2-6-10-18/h1-10,19-20H,11-16H2/t19-,20-/m0/s1. The van der Waals surface area contributed by atoms with E-state index in [0.717, 1.165) is 0 Å². The molecule has 1 heterocycles. The topological polar surface area (TPSA) is 82.1 Å². The van der Waals surface area contributed by atoms with Crippen LogP contribution in [-0.4, -0.2) is 54.7 Å². The molecule has 8 heteroatoms. The molecule has 1 amide bonds. The van der Waals surface area contributed by atoms with Crippen molar-refractivity contribution in [1.82, 2.24) is 4.90 Å². The van der Waals surface area contributed by atoms with Gasteiger partial charge >= 0.3 is 11.9 Å². The molecule has 1 aliphatic carbocycles. The highest BCUT2D eigenvalue weighted by molar-refractivity contribution is 6.05. The highest BCUT2D eigenvalue weighted by Gasteiger charge is 2.80. The first-order chi connectivity index (χ1) is 15.5. The molecular formula is C24H24FNO6. The number of esters is 2. The largest absolute Gasteiger partial charge is 0.460 e. The van der Waals surface area contributed by atoms with Crippen molar-refractivity contribution < 1.29 is 33.0 Å². The van der Waals surface area contributed by atoms with Gasteiger partial charge in [0.2, 0.25) is 5.67 Å². The average molecular weight is 441 g/mol. The Balaban J connectivity index is 1.47. The first-order valence-corrected chi connectivity index (χ1v) is 10.5. The Morgan fingerprint density at radius 2 is 1.28 bits per heavy atom. The van der Waals surface area contributed by atoms with E-state index in [2.05, 4.69) is 0 Å². The molecule has 0 aromatic heterocycles. The van der Waals surface area contributed by atoms with Crippen LogP contribution in [0.2, 0.25) is 0 Å². The first-order valence-electron chi connectivity index (χ1n) is 10.5. The molecule has 0 bridgehead atoms. The second-order valence-electron chi connectivity index (χ2n) is 7.81. The molecule has 0 unspecified atom stereocenters. The van der Waals surface area contributed by atoms with Gasteiger partial charge in [0.1, 0.15) is 25.0 Å². The molecule has 1 saturated heterocycles. The van der Waals surface area contributed by atoms with Gasteiger partial charge in [0.05, 0.1) is 13.2 Å². The predicted octanol–water partition coefficient (Wildman–Crippen LogP) is 2.29. The Morgan fingerprint density at radius 1 is 0.844 bits per heavy atom. The molecule has 0 N–H and O–H groups in total. The lowest BCUT2D eigenvalue weighted by Gasteiger charge is -2.28. The average Bonchev–Trinajstić information content (AvgIpc) is 3.49. The van der Waals surface area contributed by atoms with Gasteiger partial charge in [0, 0.05) is 13.1 Å². The van der Waals surface area contributed by atoms with E-state index in [1.807, 2.05) is 12.1 Å². The molecule has 2 fully saturated rings. The van der Waals surface area contributed by atoms with E-state index in [0.29, 0.717) is 11.1 Å². The summed E-state index contributed by atoms with van der Waals surface area (Å²) >= 11 is 0. The normalized spacial score (nSPS) is 24.5. The number of benzene rings is 2. The molecule has 1 saturated carbocycles. The van der Waals surface area contributed by atoms with Crippen molar-refractivity contribution in [3.8, 4) is 0 Å². The summed E-state index contributed by atoms with van der Waals surface area (Å²) < 4.78 is 31.6. The van der Waals surface area contributed by atoms with Gasteiger partial charge in [0.25, 0.3) is 5.91 Å². The lowest BCUT2D eigenvalue weighted by molar-refractivity contribution is -0.152. The molecular weight excluding hydrogens is 417 g/mol. The van der Waals surface area contributed by atoms with Gasteiger partial charge in [-0.3, -0.25) is 14.4 Å². The van der Waals surface area contributed by atoms with E-state index in [9.17, 15) is 14.4 Å². The summed E-state index contributed by atoms with van der Waals surface area (Å²) in [6, 6.07) is 17.8. The minimum absolute atomic E-state index is 0.0796. The molecule has 1 aliphatic heterocycles. The van der Waals surface area contributed by atoms with E-state index in [1.54, 1.807) is 48.5 Å². The fraction of sp³-hybridized carbons (Fsp3) is 0.375. The summed E-state index contributed by atoms with van der Waals surface area (Å²) in [4.78, 5) is 39.6. The Bertz CT molecular complexity index is 899. The van der Waals surface area contributed by atoms with Crippen molar-refractivity contribution >= 4 is 17.8 Å². The molecule has 2 aromatic carbocycles. The van der Waals surface area contributed by atoms with E-state index in [-0.39, 0.29) is 39.5 Å². The van der Waals surface area contributed by atoms with Gasteiger partial charge in [-0.1, -0.05) is 60.7 Å². The summed E-state index contributed by atoms with van der Waals surface area (Å²) in [5.41, 5.74) is -1.25. The van der Waals surface area contributed by atoms with Crippen molar-refractivity contribution in [3.05, 3.63) is 71.8 Å².